The van der Waals surface area contributed by atoms with Crippen LogP contribution in [-0.2, 0) is 9.53 Å². The molecule has 33 heavy (non-hydrogen) atoms. The molecule has 4 rings (SSSR count). The van der Waals surface area contributed by atoms with E-state index in [1.54, 1.807) is 47.7 Å². The van der Waals surface area contributed by atoms with Gasteiger partial charge in [-0.1, -0.05) is 12.1 Å². The molecule has 176 valence electrons. The standard InChI is InChI=1S/C24H28N2O6S/c1-30-17-7-6-16(15-18(17)31-2)21-20(22(27)19-5-3-14-33-19)23(28)24(29)26(21)9-4-8-25-10-12-32-13-11-25/h3,5-7,14-15,21,28H,4,8-13H2,1-2H3/t21-/m0/s1. The Labute approximate surface area is 197 Å². The van der Waals surface area contributed by atoms with Crippen molar-refractivity contribution in [3.05, 3.63) is 57.5 Å². The highest BCUT2D eigenvalue weighted by atomic mass is 32.1. The van der Waals surface area contributed by atoms with Crippen molar-refractivity contribution in [3.8, 4) is 11.5 Å². The molecule has 1 atom stereocenters. The monoisotopic (exact) mass is 472 g/mol. The molecule has 0 spiro atoms. The number of hydrogen-bond acceptors (Lipinski definition) is 8. The number of nitrogens with zero attached hydrogens (tertiary/aromatic N) is 2. The molecule has 9 heteroatoms. The molecule has 1 fully saturated rings. The number of hydrogen-bond donors (Lipinski definition) is 1. The van der Waals surface area contributed by atoms with Crippen LogP contribution in [0.15, 0.2) is 47.0 Å². The van der Waals surface area contributed by atoms with Crippen LogP contribution < -0.4 is 9.47 Å². The second kappa shape index (κ2) is 10.4. The Morgan fingerprint density at radius 1 is 1.15 bits per heavy atom. The summed E-state index contributed by atoms with van der Waals surface area (Å²) < 4.78 is 16.2. The third kappa shape index (κ3) is 4.75. The maximum absolute atomic E-state index is 13.3. The van der Waals surface area contributed by atoms with Crippen LogP contribution in [0.1, 0.15) is 27.7 Å². The van der Waals surface area contributed by atoms with E-state index in [0.29, 0.717) is 48.1 Å². The lowest BCUT2D eigenvalue weighted by atomic mass is 9.95. The molecule has 0 radical (unpaired) electrons. The lowest BCUT2D eigenvalue weighted by Gasteiger charge is -2.30. The van der Waals surface area contributed by atoms with Crippen LogP contribution in [0.25, 0.3) is 0 Å². The summed E-state index contributed by atoms with van der Waals surface area (Å²) in [4.78, 5) is 30.8. The SMILES string of the molecule is COc1ccc([C@H]2C(C(=O)c3cccs3)=C(O)C(=O)N2CCCN2CCOCC2)cc1OC. The van der Waals surface area contributed by atoms with Crippen molar-refractivity contribution in [2.45, 2.75) is 12.5 Å². The van der Waals surface area contributed by atoms with Crippen LogP contribution in [0.3, 0.4) is 0 Å². The highest BCUT2D eigenvalue weighted by molar-refractivity contribution is 7.12. The first-order valence-corrected chi connectivity index (χ1v) is 11.8. The van der Waals surface area contributed by atoms with Crippen molar-refractivity contribution >= 4 is 23.0 Å². The predicted octanol–water partition coefficient (Wildman–Crippen LogP) is 3.07. The summed E-state index contributed by atoms with van der Waals surface area (Å²) in [5, 5.41) is 12.6. The van der Waals surface area contributed by atoms with Gasteiger partial charge in [0.05, 0.1) is 43.9 Å². The summed E-state index contributed by atoms with van der Waals surface area (Å²) in [5.74, 6) is -0.323. The fourth-order valence-electron chi connectivity index (χ4n) is 4.32. The van der Waals surface area contributed by atoms with E-state index < -0.39 is 17.7 Å². The van der Waals surface area contributed by atoms with E-state index in [1.165, 1.54) is 18.4 Å². The number of Topliss-reactive ketones (excluding diaryl/α,β-unsaturated/α-hetero) is 1. The van der Waals surface area contributed by atoms with Crippen molar-refractivity contribution in [2.75, 3.05) is 53.6 Å². The average Bonchev–Trinajstić information content (AvgIpc) is 3.47. The third-order valence-corrected chi connectivity index (χ3v) is 6.86. The fraction of sp³-hybridized carbons (Fsp3) is 0.417. The highest BCUT2D eigenvalue weighted by Crippen LogP contribution is 2.42. The van der Waals surface area contributed by atoms with Gasteiger partial charge in [0.15, 0.2) is 17.3 Å². The second-order valence-corrected chi connectivity index (χ2v) is 8.84. The molecule has 1 aromatic heterocycles. The zero-order valence-corrected chi connectivity index (χ0v) is 19.6. The van der Waals surface area contributed by atoms with Crippen LogP contribution >= 0.6 is 11.3 Å². The van der Waals surface area contributed by atoms with Crippen LogP contribution in [0.5, 0.6) is 11.5 Å². The summed E-state index contributed by atoms with van der Waals surface area (Å²) in [6.07, 6.45) is 0.712. The van der Waals surface area contributed by atoms with Crippen LogP contribution in [0.2, 0.25) is 0 Å². The number of carbonyl (C=O) groups excluding carboxylic acids is 2. The van der Waals surface area contributed by atoms with Crippen molar-refractivity contribution in [1.29, 1.82) is 0 Å². The molecule has 8 nitrogen and oxygen atoms in total. The number of aliphatic hydroxyl groups excluding tert-OH is 1. The van der Waals surface area contributed by atoms with E-state index in [0.717, 1.165) is 19.6 Å². The van der Waals surface area contributed by atoms with Gasteiger partial charge < -0.3 is 24.2 Å². The average molecular weight is 473 g/mol. The van der Waals surface area contributed by atoms with Crippen molar-refractivity contribution in [2.24, 2.45) is 0 Å². The Morgan fingerprint density at radius 2 is 1.91 bits per heavy atom. The zero-order chi connectivity index (χ0) is 23.4. The van der Waals surface area contributed by atoms with E-state index in [1.807, 2.05) is 0 Å². The van der Waals surface area contributed by atoms with Crippen LogP contribution in [0.4, 0.5) is 0 Å². The summed E-state index contributed by atoms with van der Waals surface area (Å²) in [6.45, 7) is 4.34. The van der Waals surface area contributed by atoms with Gasteiger partial charge in [-0.2, -0.15) is 0 Å². The number of methoxy groups -OCH3 is 2. The van der Waals surface area contributed by atoms with Gasteiger partial charge in [0.25, 0.3) is 5.91 Å². The number of ketones is 1. The molecule has 2 aliphatic heterocycles. The lowest BCUT2D eigenvalue weighted by Crippen LogP contribution is -2.39. The first kappa shape index (κ1) is 23.3. The maximum atomic E-state index is 13.3. The molecule has 1 N–H and O–H groups in total. The zero-order valence-electron chi connectivity index (χ0n) is 18.8. The Kier molecular flexibility index (Phi) is 7.32. The molecule has 1 amide bonds. The number of benzene rings is 1. The largest absolute Gasteiger partial charge is 0.503 e. The normalized spacial score (nSPS) is 19.3. The molecule has 3 heterocycles. The van der Waals surface area contributed by atoms with Crippen molar-refractivity contribution in [1.82, 2.24) is 9.80 Å². The molecule has 1 aromatic carbocycles. The molecular weight excluding hydrogens is 444 g/mol. The molecule has 0 saturated carbocycles. The van der Waals surface area contributed by atoms with E-state index in [2.05, 4.69) is 4.90 Å². The number of thiophene rings is 1. The molecular formula is C24H28N2O6S. The summed E-state index contributed by atoms with van der Waals surface area (Å²) in [5.41, 5.74) is 0.775. The number of ether oxygens (including phenoxy) is 3. The second-order valence-electron chi connectivity index (χ2n) is 7.89. The topological polar surface area (TPSA) is 88.5 Å². The van der Waals surface area contributed by atoms with Gasteiger partial charge in [-0.3, -0.25) is 14.5 Å². The van der Waals surface area contributed by atoms with E-state index in [9.17, 15) is 14.7 Å². The molecule has 0 aliphatic carbocycles. The Bertz CT molecular complexity index is 1030. The van der Waals surface area contributed by atoms with Crippen molar-refractivity contribution in [3.63, 3.8) is 0 Å². The Balaban J connectivity index is 1.65. The summed E-state index contributed by atoms with van der Waals surface area (Å²) in [7, 11) is 3.08. The quantitative estimate of drug-likeness (QED) is 0.561. The molecule has 0 unspecified atom stereocenters. The van der Waals surface area contributed by atoms with Crippen LogP contribution in [-0.4, -0.2) is 80.2 Å². The summed E-state index contributed by atoms with van der Waals surface area (Å²) in [6, 6.07) is 8.06. The third-order valence-electron chi connectivity index (χ3n) is 5.99. The van der Waals surface area contributed by atoms with Crippen molar-refractivity contribution < 1.29 is 28.9 Å². The maximum Gasteiger partial charge on any atom is 0.290 e. The van der Waals surface area contributed by atoms with Gasteiger partial charge in [0.1, 0.15) is 0 Å². The number of morpholine rings is 1. The molecule has 1 saturated heterocycles. The van der Waals surface area contributed by atoms with Gasteiger partial charge in [0.2, 0.25) is 5.78 Å². The number of carbonyl (C=O) groups is 2. The first-order valence-electron chi connectivity index (χ1n) is 10.9. The van der Waals surface area contributed by atoms with Gasteiger partial charge in [-0.15, -0.1) is 11.3 Å². The van der Waals surface area contributed by atoms with E-state index in [4.69, 9.17) is 14.2 Å². The van der Waals surface area contributed by atoms with Gasteiger partial charge in [0, 0.05) is 26.2 Å². The smallest absolute Gasteiger partial charge is 0.290 e. The predicted molar refractivity (Wildman–Crippen MR) is 124 cm³/mol. The van der Waals surface area contributed by atoms with E-state index >= 15 is 0 Å². The molecule has 0 bridgehead atoms. The number of rotatable bonds is 9. The minimum atomic E-state index is -0.711. The first-order chi connectivity index (χ1) is 16.0. The minimum Gasteiger partial charge on any atom is -0.503 e. The van der Waals surface area contributed by atoms with Gasteiger partial charge >= 0.3 is 0 Å². The van der Waals surface area contributed by atoms with Crippen LogP contribution in [0, 0.1) is 0 Å². The lowest BCUT2D eigenvalue weighted by molar-refractivity contribution is -0.129. The fourth-order valence-corrected chi connectivity index (χ4v) is 4.99. The Morgan fingerprint density at radius 3 is 2.58 bits per heavy atom. The number of amides is 1. The molecule has 2 aliphatic rings. The Hall–Kier alpha value is -2.88. The van der Waals surface area contributed by atoms with E-state index in [-0.39, 0.29) is 11.4 Å². The number of aliphatic hydroxyl groups is 1. The van der Waals surface area contributed by atoms with Gasteiger partial charge in [-0.05, 0) is 35.6 Å². The summed E-state index contributed by atoms with van der Waals surface area (Å²) >= 11 is 1.28. The van der Waals surface area contributed by atoms with Gasteiger partial charge in [-0.25, -0.2) is 0 Å². The minimum absolute atomic E-state index is 0.0982. The highest BCUT2D eigenvalue weighted by Gasteiger charge is 2.44. The molecule has 2 aromatic rings.